The highest BCUT2D eigenvalue weighted by molar-refractivity contribution is 9.10. The summed E-state index contributed by atoms with van der Waals surface area (Å²) in [5.74, 6) is -0.908. The van der Waals surface area contributed by atoms with Crippen LogP contribution in [0.4, 0.5) is 5.69 Å². The van der Waals surface area contributed by atoms with E-state index >= 15 is 0 Å². The maximum absolute atomic E-state index is 13.8. The highest BCUT2D eigenvalue weighted by atomic mass is 79.9. The van der Waals surface area contributed by atoms with E-state index < -0.39 is 28.5 Å². The van der Waals surface area contributed by atoms with Gasteiger partial charge in [0.2, 0.25) is 11.8 Å². The van der Waals surface area contributed by atoms with Gasteiger partial charge in [0.1, 0.15) is 12.6 Å². The molecular weight excluding hydrogens is 613 g/mol. The summed E-state index contributed by atoms with van der Waals surface area (Å²) in [4.78, 5) is 28.1. The molecule has 7 nitrogen and oxygen atoms in total. The van der Waals surface area contributed by atoms with E-state index in [9.17, 15) is 18.0 Å². The molecular formula is C27H28BrCl2N3O4S. The largest absolute Gasteiger partial charge is 0.354 e. The van der Waals surface area contributed by atoms with E-state index in [2.05, 4.69) is 21.2 Å². The molecule has 202 valence electrons. The van der Waals surface area contributed by atoms with Crippen LogP contribution >= 0.6 is 39.1 Å². The third-order valence-corrected chi connectivity index (χ3v) is 8.78. The first-order valence-electron chi connectivity index (χ1n) is 11.9. The lowest BCUT2D eigenvalue weighted by atomic mass is 10.1. The van der Waals surface area contributed by atoms with Crippen molar-refractivity contribution in [3.63, 3.8) is 0 Å². The average Bonchev–Trinajstić information content (AvgIpc) is 2.90. The average molecular weight is 641 g/mol. The Hall–Kier alpha value is -2.59. The third-order valence-electron chi connectivity index (χ3n) is 5.76. The lowest BCUT2D eigenvalue weighted by Crippen LogP contribution is -2.51. The summed E-state index contributed by atoms with van der Waals surface area (Å²) in [6, 6.07) is 18.6. The number of amides is 2. The molecule has 0 aromatic heterocycles. The molecule has 3 aromatic carbocycles. The minimum atomic E-state index is -4.12. The first-order chi connectivity index (χ1) is 18.0. The summed E-state index contributed by atoms with van der Waals surface area (Å²) in [6.45, 7) is 3.47. The number of hydrogen-bond donors (Lipinski definition) is 1. The topological polar surface area (TPSA) is 86.8 Å². The van der Waals surface area contributed by atoms with Gasteiger partial charge in [-0.15, -0.1) is 0 Å². The van der Waals surface area contributed by atoms with Gasteiger partial charge in [0.25, 0.3) is 10.0 Å². The van der Waals surface area contributed by atoms with Crippen molar-refractivity contribution >= 4 is 66.7 Å². The van der Waals surface area contributed by atoms with Crippen molar-refractivity contribution in [2.75, 3.05) is 17.4 Å². The molecule has 1 atom stereocenters. The number of sulfonamides is 1. The summed E-state index contributed by atoms with van der Waals surface area (Å²) in [6.07, 6.45) is 0.727. The number of benzene rings is 3. The molecule has 2 amide bonds. The van der Waals surface area contributed by atoms with Crippen molar-refractivity contribution in [2.24, 2.45) is 0 Å². The first kappa shape index (κ1) is 30.0. The molecule has 0 aliphatic carbocycles. The van der Waals surface area contributed by atoms with E-state index in [0.29, 0.717) is 32.3 Å². The highest BCUT2D eigenvalue weighted by Gasteiger charge is 2.32. The Morgan fingerprint density at radius 3 is 2.32 bits per heavy atom. The third kappa shape index (κ3) is 7.50. The fraction of sp³-hybridized carbons (Fsp3) is 0.259. The summed E-state index contributed by atoms with van der Waals surface area (Å²) < 4.78 is 29.1. The number of carbonyl (C=O) groups excluding carboxylic acids is 2. The van der Waals surface area contributed by atoms with E-state index in [0.717, 1.165) is 10.7 Å². The molecule has 38 heavy (non-hydrogen) atoms. The Bertz CT molecular complexity index is 1390. The van der Waals surface area contributed by atoms with Gasteiger partial charge in [-0.05, 0) is 61.4 Å². The van der Waals surface area contributed by atoms with Gasteiger partial charge in [0.05, 0.1) is 20.6 Å². The van der Waals surface area contributed by atoms with Gasteiger partial charge in [0.15, 0.2) is 0 Å². The first-order valence-corrected chi connectivity index (χ1v) is 14.9. The van der Waals surface area contributed by atoms with Crippen LogP contribution in [0.3, 0.4) is 0 Å². The summed E-state index contributed by atoms with van der Waals surface area (Å²) >= 11 is 15.6. The van der Waals surface area contributed by atoms with Crippen LogP contribution in [-0.4, -0.2) is 44.3 Å². The fourth-order valence-electron chi connectivity index (χ4n) is 3.69. The smallest absolute Gasteiger partial charge is 0.264 e. The van der Waals surface area contributed by atoms with Gasteiger partial charge >= 0.3 is 0 Å². The molecule has 0 heterocycles. The maximum atomic E-state index is 13.8. The number of hydrogen-bond acceptors (Lipinski definition) is 4. The molecule has 0 saturated heterocycles. The Labute approximate surface area is 241 Å². The van der Waals surface area contributed by atoms with E-state index in [1.165, 1.54) is 17.0 Å². The Morgan fingerprint density at radius 2 is 1.68 bits per heavy atom. The number of carbonyl (C=O) groups is 2. The summed E-state index contributed by atoms with van der Waals surface area (Å²) in [7, 11) is -4.12. The zero-order valence-electron chi connectivity index (χ0n) is 20.9. The van der Waals surface area contributed by atoms with Gasteiger partial charge in [0, 0.05) is 17.6 Å². The number of nitrogens with one attached hydrogen (secondary N) is 1. The van der Waals surface area contributed by atoms with Crippen LogP contribution in [0.25, 0.3) is 0 Å². The highest BCUT2D eigenvalue weighted by Crippen LogP contribution is 2.28. The predicted molar refractivity (Wildman–Crippen MR) is 155 cm³/mol. The molecule has 11 heteroatoms. The van der Waals surface area contributed by atoms with Crippen molar-refractivity contribution in [3.05, 3.63) is 92.9 Å². The van der Waals surface area contributed by atoms with Crippen LogP contribution in [0.1, 0.15) is 25.8 Å². The Balaban J connectivity index is 2.02. The molecule has 0 radical (unpaired) electrons. The van der Waals surface area contributed by atoms with Crippen LogP contribution < -0.4 is 9.62 Å². The maximum Gasteiger partial charge on any atom is 0.264 e. The van der Waals surface area contributed by atoms with Gasteiger partial charge in [-0.2, -0.15) is 0 Å². The lowest BCUT2D eigenvalue weighted by molar-refractivity contribution is -0.139. The molecule has 3 rings (SSSR count). The molecule has 0 saturated carbocycles. The van der Waals surface area contributed by atoms with Gasteiger partial charge in [-0.3, -0.25) is 13.9 Å². The quantitative estimate of drug-likeness (QED) is 0.283. The molecule has 0 aliphatic rings. The molecule has 0 aliphatic heterocycles. The van der Waals surface area contributed by atoms with Crippen molar-refractivity contribution in [3.8, 4) is 0 Å². The zero-order chi connectivity index (χ0) is 27.9. The minimum Gasteiger partial charge on any atom is -0.354 e. The summed E-state index contributed by atoms with van der Waals surface area (Å²) in [5.41, 5.74) is 0.942. The van der Waals surface area contributed by atoms with Gasteiger partial charge in [-0.1, -0.05) is 76.4 Å². The molecule has 1 unspecified atom stereocenters. The summed E-state index contributed by atoms with van der Waals surface area (Å²) in [5, 5.41) is 3.47. The monoisotopic (exact) mass is 639 g/mol. The number of halogens is 3. The second kappa shape index (κ2) is 13.5. The van der Waals surface area contributed by atoms with E-state index in [4.69, 9.17) is 23.2 Å². The normalized spacial score (nSPS) is 12.0. The molecule has 1 N–H and O–H groups in total. The second-order valence-corrected chi connectivity index (χ2v) is 12.1. The van der Waals surface area contributed by atoms with Crippen molar-refractivity contribution < 1.29 is 18.0 Å². The van der Waals surface area contributed by atoms with E-state index in [-0.39, 0.29) is 17.3 Å². The van der Waals surface area contributed by atoms with Crippen molar-refractivity contribution in [1.29, 1.82) is 0 Å². The number of rotatable bonds is 11. The zero-order valence-corrected chi connectivity index (χ0v) is 24.8. The SMILES string of the molecule is CCCNC(=O)C(C)N(Cc1ccc(Cl)c(Cl)c1)C(=O)CN(c1cccc(Br)c1)S(=O)(=O)c1ccccc1. The van der Waals surface area contributed by atoms with Crippen molar-refractivity contribution in [2.45, 2.75) is 37.8 Å². The molecule has 0 spiro atoms. The van der Waals surface area contributed by atoms with Crippen LogP contribution in [0.15, 0.2) is 82.2 Å². The molecule has 0 bridgehead atoms. The van der Waals surface area contributed by atoms with Crippen LogP contribution in [0.2, 0.25) is 10.0 Å². The molecule has 0 fully saturated rings. The van der Waals surface area contributed by atoms with Crippen LogP contribution in [0.5, 0.6) is 0 Å². The Morgan fingerprint density at radius 1 is 0.974 bits per heavy atom. The van der Waals surface area contributed by atoms with Gasteiger partial charge < -0.3 is 10.2 Å². The van der Waals surface area contributed by atoms with E-state index in [1.807, 2.05) is 6.92 Å². The second-order valence-electron chi connectivity index (χ2n) is 8.54. The van der Waals surface area contributed by atoms with Crippen LogP contribution in [0, 0.1) is 0 Å². The number of nitrogens with zero attached hydrogens (tertiary/aromatic N) is 2. The standard InChI is InChI=1S/C27H28BrCl2N3O4S/c1-3-14-31-27(35)19(2)32(17-20-12-13-24(29)25(30)15-20)26(34)18-33(22-9-7-8-21(28)16-22)38(36,37)23-10-5-4-6-11-23/h4-13,15-16,19H,3,14,17-18H2,1-2H3,(H,31,35). The Kier molecular flexibility index (Phi) is 10.6. The van der Waals surface area contributed by atoms with Crippen LogP contribution in [-0.2, 0) is 26.2 Å². The van der Waals surface area contributed by atoms with E-state index in [1.54, 1.807) is 67.6 Å². The number of anilines is 1. The lowest BCUT2D eigenvalue weighted by Gasteiger charge is -2.32. The van der Waals surface area contributed by atoms with Gasteiger partial charge in [-0.25, -0.2) is 8.42 Å². The van der Waals surface area contributed by atoms with Crippen molar-refractivity contribution in [1.82, 2.24) is 10.2 Å². The molecule has 3 aromatic rings. The fourth-order valence-corrected chi connectivity index (χ4v) is 5.83. The minimum absolute atomic E-state index is 0.0220. The predicted octanol–water partition coefficient (Wildman–Crippen LogP) is 5.89.